The molecule has 0 aliphatic carbocycles. The van der Waals surface area contributed by atoms with Crippen LogP contribution in [0.4, 0.5) is 0 Å². The first-order valence-corrected chi connectivity index (χ1v) is 18.8. The summed E-state index contributed by atoms with van der Waals surface area (Å²) in [4.78, 5) is 10.5. The van der Waals surface area contributed by atoms with Gasteiger partial charge in [-0.2, -0.15) is 0 Å². The molecule has 0 saturated heterocycles. The summed E-state index contributed by atoms with van der Waals surface area (Å²) >= 11 is 0. The molecule has 0 unspecified atom stereocenters. The van der Waals surface area contributed by atoms with Crippen molar-refractivity contribution < 1.29 is 8.83 Å². The van der Waals surface area contributed by atoms with Gasteiger partial charge < -0.3 is 8.83 Å². The van der Waals surface area contributed by atoms with Crippen molar-refractivity contribution in [1.29, 1.82) is 0 Å². The summed E-state index contributed by atoms with van der Waals surface area (Å²) in [6.07, 6.45) is 0. The van der Waals surface area contributed by atoms with Crippen LogP contribution < -0.4 is 0 Å². The van der Waals surface area contributed by atoms with Gasteiger partial charge in [-0.15, -0.1) is 0 Å². The standard InChI is InChI=1S/C52H32N2O2/c1-3-13-33(14-4-1)38-28-39(35-25-26-50-45(31-35)43-20-8-9-23-48(43)55-50)30-40(29-38)47-32-46(53-52(54-47)34-15-5-2-6-16-34)37-18-11-17-36(27-37)41-21-12-22-44-42-19-7-10-24-49(42)56-51(41)44/h1-32H. The van der Waals surface area contributed by atoms with Crippen LogP contribution in [0.2, 0.25) is 0 Å². The minimum atomic E-state index is 0.667. The van der Waals surface area contributed by atoms with Gasteiger partial charge in [0.25, 0.3) is 0 Å². The van der Waals surface area contributed by atoms with Crippen molar-refractivity contribution in [3.05, 3.63) is 194 Å². The number of furan rings is 2. The van der Waals surface area contributed by atoms with Crippen molar-refractivity contribution in [1.82, 2.24) is 9.97 Å². The fourth-order valence-corrected chi connectivity index (χ4v) is 7.92. The van der Waals surface area contributed by atoms with E-state index in [0.717, 1.165) is 105 Å². The summed E-state index contributed by atoms with van der Waals surface area (Å²) in [5.41, 5.74) is 14.7. The number of fused-ring (bicyclic) bond motifs is 6. The van der Waals surface area contributed by atoms with E-state index in [2.05, 4.69) is 152 Å². The Hall–Kier alpha value is -7.56. The van der Waals surface area contributed by atoms with Crippen molar-refractivity contribution in [2.24, 2.45) is 0 Å². The molecule has 0 bridgehead atoms. The molecule has 56 heavy (non-hydrogen) atoms. The number of rotatable bonds is 6. The number of benzene rings is 8. The molecule has 0 aliphatic heterocycles. The van der Waals surface area contributed by atoms with Gasteiger partial charge >= 0.3 is 0 Å². The Kier molecular flexibility index (Phi) is 7.46. The van der Waals surface area contributed by atoms with Crippen molar-refractivity contribution in [3.63, 3.8) is 0 Å². The van der Waals surface area contributed by atoms with Crippen LogP contribution in [-0.4, -0.2) is 9.97 Å². The fourth-order valence-electron chi connectivity index (χ4n) is 7.92. The Morgan fingerprint density at radius 3 is 1.61 bits per heavy atom. The number of nitrogens with zero attached hydrogens (tertiary/aromatic N) is 2. The highest BCUT2D eigenvalue weighted by atomic mass is 16.3. The summed E-state index contributed by atoms with van der Waals surface area (Å²) < 4.78 is 12.6. The maximum absolute atomic E-state index is 6.44. The van der Waals surface area contributed by atoms with E-state index in [4.69, 9.17) is 18.8 Å². The Bertz CT molecular complexity index is 3250. The summed E-state index contributed by atoms with van der Waals surface area (Å²) in [6, 6.07) is 67.5. The average Bonchev–Trinajstić information content (AvgIpc) is 3.85. The van der Waals surface area contributed by atoms with Gasteiger partial charge in [-0.1, -0.05) is 140 Å². The molecule has 0 amide bonds. The third-order valence-corrected chi connectivity index (χ3v) is 10.7. The first-order chi connectivity index (χ1) is 27.7. The molecular weight excluding hydrogens is 685 g/mol. The van der Waals surface area contributed by atoms with Crippen molar-refractivity contribution in [3.8, 4) is 67.3 Å². The van der Waals surface area contributed by atoms with Crippen LogP contribution in [0.15, 0.2) is 203 Å². The molecule has 11 rings (SSSR count). The summed E-state index contributed by atoms with van der Waals surface area (Å²) in [6.45, 7) is 0. The quantitative estimate of drug-likeness (QED) is 0.172. The third kappa shape index (κ3) is 5.55. The van der Waals surface area contributed by atoms with Gasteiger partial charge in [-0.25, -0.2) is 9.97 Å². The van der Waals surface area contributed by atoms with E-state index >= 15 is 0 Å². The number of para-hydroxylation sites is 3. The molecular formula is C52H32N2O2. The lowest BCUT2D eigenvalue weighted by atomic mass is 9.93. The van der Waals surface area contributed by atoms with Gasteiger partial charge in [0.2, 0.25) is 0 Å². The van der Waals surface area contributed by atoms with Crippen LogP contribution in [0.3, 0.4) is 0 Å². The van der Waals surface area contributed by atoms with Crippen molar-refractivity contribution >= 4 is 43.9 Å². The Morgan fingerprint density at radius 2 is 0.821 bits per heavy atom. The number of hydrogen-bond donors (Lipinski definition) is 0. The zero-order chi connectivity index (χ0) is 37.0. The summed E-state index contributed by atoms with van der Waals surface area (Å²) in [5.74, 6) is 0.667. The Labute approximate surface area is 323 Å². The lowest BCUT2D eigenvalue weighted by molar-refractivity contribution is 0.669. The van der Waals surface area contributed by atoms with Crippen molar-refractivity contribution in [2.45, 2.75) is 0 Å². The highest BCUT2D eigenvalue weighted by Gasteiger charge is 2.17. The molecule has 0 saturated carbocycles. The summed E-state index contributed by atoms with van der Waals surface area (Å²) in [5, 5.41) is 4.42. The molecule has 0 aliphatic rings. The largest absolute Gasteiger partial charge is 0.456 e. The first-order valence-electron chi connectivity index (χ1n) is 18.8. The SMILES string of the molecule is c1ccc(-c2cc(-c3ccc4oc5ccccc5c4c3)cc(-c3cc(-c4cccc(-c5cccc6c5oc5ccccc56)c4)nc(-c4ccccc4)n3)c2)cc1. The van der Waals surface area contributed by atoms with Gasteiger partial charge in [0.1, 0.15) is 22.3 Å². The molecule has 11 aromatic rings. The van der Waals surface area contributed by atoms with E-state index in [1.54, 1.807) is 0 Å². The molecule has 0 spiro atoms. The Balaban J connectivity index is 1.09. The second kappa shape index (κ2) is 13.1. The molecule has 4 heteroatoms. The molecule has 0 fully saturated rings. The van der Waals surface area contributed by atoms with Crippen LogP contribution in [0.1, 0.15) is 0 Å². The molecule has 262 valence electrons. The molecule has 3 heterocycles. The highest BCUT2D eigenvalue weighted by Crippen LogP contribution is 2.39. The van der Waals surface area contributed by atoms with Crippen LogP contribution in [0, 0.1) is 0 Å². The molecule has 4 nitrogen and oxygen atoms in total. The monoisotopic (exact) mass is 716 g/mol. The van der Waals surface area contributed by atoms with E-state index in [1.165, 1.54) is 0 Å². The maximum Gasteiger partial charge on any atom is 0.160 e. The van der Waals surface area contributed by atoms with E-state index in [1.807, 2.05) is 42.5 Å². The van der Waals surface area contributed by atoms with Crippen LogP contribution in [0.25, 0.3) is 111 Å². The van der Waals surface area contributed by atoms with Gasteiger partial charge in [0.05, 0.1) is 11.4 Å². The Morgan fingerprint density at radius 1 is 0.286 bits per heavy atom. The van der Waals surface area contributed by atoms with E-state index in [0.29, 0.717) is 5.82 Å². The second-order valence-corrected chi connectivity index (χ2v) is 14.2. The van der Waals surface area contributed by atoms with Crippen LogP contribution in [0.5, 0.6) is 0 Å². The zero-order valence-corrected chi connectivity index (χ0v) is 30.2. The first kappa shape index (κ1) is 31.9. The van der Waals surface area contributed by atoms with Crippen molar-refractivity contribution in [2.75, 3.05) is 0 Å². The zero-order valence-electron chi connectivity index (χ0n) is 30.2. The fraction of sp³-hybridized carbons (Fsp3) is 0. The molecule has 0 atom stereocenters. The minimum absolute atomic E-state index is 0.667. The van der Waals surface area contributed by atoms with E-state index in [-0.39, 0.29) is 0 Å². The molecule has 0 N–H and O–H groups in total. The summed E-state index contributed by atoms with van der Waals surface area (Å²) in [7, 11) is 0. The smallest absolute Gasteiger partial charge is 0.160 e. The maximum atomic E-state index is 6.44. The van der Waals surface area contributed by atoms with Gasteiger partial charge in [-0.3, -0.25) is 0 Å². The predicted octanol–water partition coefficient (Wildman–Crippen LogP) is 14.3. The average molecular weight is 717 g/mol. The highest BCUT2D eigenvalue weighted by molar-refractivity contribution is 6.10. The lowest BCUT2D eigenvalue weighted by Gasteiger charge is -2.14. The number of hydrogen-bond acceptors (Lipinski definition) is 4. The molecule has 0 radical (unpaired) electrons. The molecule has 8 aromatic carbocycles. The number of aromatic nitrogens is 2. The van der Waals surface area contributed by atoms with E-state index in [9.17, 15) is 0 Å². The van der Waals surface area contributed by atoms with Crippen LogP contribution in [-0.2, 0) is 0 Å². The molecule has 3 aromatic heterocycles. The van der Waals surface area contributed by atoms with Crippen LogP contribution >= 0.6 is 0 Å². The lowest BCUT2D eigenvalue weighted by Crippen LogP contribution is -1.97. The normalized spacial score (nSPS) is 11.6. The van der Waals surface area contributed by atoms with Gasteiger partial charge in [-0.05, 0) is 82.4 Å². The van der Waals surface area contributed by atoms with Gasteiger partial charge in [0.15, 0.2) is 5.82 Å². The minimum Gasteiger partial charge on any atom is -0.456 e. The third-order valence-electron chi connectivity index (χ3n) is 10.7. The van der Waals surface area contributed by atoms with E-state index < -0.39 is 0 Å². The predicted molar refractivity (Wildman–Crippen MR) is 229 cm³/mol. The topological polar surface area (TPSA) is 52.1 Å². The second-order valence-electron chi connectivity index (χ2n) is 14.2. The van der Waals surface area contributed by atoms with Gasteiger partial charge in [0, 0.05) is 43.8 Å².